The van der Waals surface area contributed by atoms with Crippen molar-refractivity contribution in [2.45, 2.75) is 32.9 Å². The number of nitrogens with zero attached hydrogens (tertiary/aromatic N) is 4. The first-order valence-electron chi connectivity index (χ1n) is 6.36. The second-order valence-electron chi connectivity index (χ2n) is 4.35. The van der Waals surface area contributed by atoms with E-state index in [1.54, 1.807) is 6.92 Å². The van der Waals surface area contributed by atoms with Crippen LogP contribution in [0.15, 0.2) is 23.3 Å². The van der Waals surface area contributed by atoms with Crippen LogP contribution in [-0.2, 0) is 6.54 Å². The van der Waals surface area contributed by atoms with Crippen LogP contribution in [0.1, 0.15) is 42.6 Å². The van der Waals surface area contributed by atoms with Crippen LogP contribution in [0, 0.1) is 0 Å². The van der Waals surface area contributed by atoms with Crippen LogP contribution >= 0.6 is 0 Å². The van der Waals surface area contributed by atoms with Gasteiger partial charge in [-0.3, -0.25) is 14.7 Å². The van der Waals surface area contributed by atoms with Gasteiger partial charge in [-0.2, -0.15) is 10.2 Å². The van der Waals surface area contributed by atoms with E-state index in [0.717, 1.165) is 6.42 Å². The number of hydrogen-bond acceptors (Lipinski definition) is 5. The smallest absolute Gasteiger partial charge is 0.272 e. The molecule has 2 N–H and O–H groups in total. The number of aromatic nitrogens is 5. The van der Waals surface area contributed by atoms with E-state index in [1.807, 2.05) is 6.92 Å². The van der Waals surface area contributed by atoms with Gasteiger partial charge in [-0.05, 0) is 19.4 Å². The Morgan fingerprint density at radius 1 is 1.50 bits per heavy atom. The van der Waals surface area contributed by atoms with E-state index in [0.29, 0.717) is 12.4 Å². The molecule has 1 amide bonds. The quantitative estimate of drug-likeness (QED) is 0.815. The van der Waals surface area contributed by atoms with E-state index < -0.39 is 0 Å². The lowest BCUT2D eigenvalue weighted by Crippen LogP contribution is -2.31. The maximum absolute atomic E-state index is 12.1. The number of aromatic amines is 1. The third-order valence-electron chi connectivity index (χ3n) is 2.73. The van der Waals surface area contributed by atoms with Gasteiger partial charge >= 0.3 is 0 Å². The van der Waals surface area contributed by atoms with Gasteiger partial charge in [0.2, 0.25) is 0 Å². The summed E-state index contributed by atoms with van der Waals surface area (Å²) in [6.07, 6.45) is 2.14. The van der Waals surface area contributed by atoms with Crippen molar-refractivity contribution in [3.8, 4) is 0 Å². The summed E-state index contributed by atoms with van der Waals surface area (Å²) in [6, 6.07) is 2.44. The Morgan fingerprint density at radius 2 is 2.30 bits per heavy atom. The Hall–Kier alpha value is -2.51. The molecule has 1 unspecified atom stereocenters. The van der Waals surface area contributed by atoms with Gasteiger partial charge < -0.3 is 5.32 Å². The van der Waals surface area contributed by atoms with Crippen LogP contribution in [0.25, 0.3) is 0 Å². The Morgan fingerprint density at radius 3 is 2.95 bits per heavy atom. The summed E-state index contributed by atoms with van der Waals surface area (Å²) in [5, 5.41) is 13.2. The highest BCUT2D eigenvalue weighted by Crippen LogP contribution is 2.05. The van der Waals surface area contributed by atoms with E-state index in [2.05, 4.69) is 25.6 Å². The van der Waals surface area contributed by atoms with Crippen LogP contribution in [0.3, 0.4) is 0 Å². The molecule has 0 bridgehead atoms. The second-order valence-corrected chi connectivity index (χ2v) is 4.35. The number of carbonyl (C=O) groups excluding carboxylic acids is 1. The predicted octanol–water partition coefficient (Wildman–Crippen LogP) is 0.262. The van der Waals surface area contributed by atoms with Crippen molar-refractivity contribution in [1.29, 1.82) is 0 Å². The fourth-order valence-electron chi connectivity index (χ4n) is 1.70. The first-order valence-corrected chi connectivity index (χ1v) is 6.36. The summed E-state index contributed by atoms with van der Waals surface area (Å²) in [5.41, 5.74) is -0.0175. The standard InChI is InChI=1S/C12H16N6O2/c1-3-6-18-10(19)5-4-9(17-18)12(20)15-8(2)11-13-7-14-16-11/h4-5,7-8H,3,6H2,1-2H3,(H,15,20)(H,13,14,16). The molecule has 0 spiro atoms. The topological polar surface area (TPSA) is 106 Å². The Kier molecular flexibility index (Phi) is 4.24. The van der Waals surface area contributed by atoms with E-state index in [-0.39, 0.29) is 23.2 Å². The lowest BCUT2D eigenvalue weighted by molar-refractivity contribution is 0.0930. The van der Waals surface area contributed by atoms with Crippen LogP contribution in [0.4, 0.5) is 0 Å². The van der Waals surface area contributed by atoms with Crippen LogP contribution in [0.2, 0.25) is 0 Å². The molecular formula is C12H16N6O2. The molecule has 0 saturated heterocycles. The van der Waals surface area contributed by atoms with Crippen molar-refractivity contribution in [2.24, 2.45) is 0 Å². The zero-order chi connectivity index (χ0) is 14.5. The number of aryl methyl sites for hydroxylation is 1. The molecule has 0 saturated carbocycles. The second kappa shape index (κ2) is 6.09. The lowest BCUT2D eigenvalue weighted by atomic mass is 10.3. The average Bonchev–Trinajstić information content (AvgIpc) is 2.95. The molecule has 20 heavy (non-hydrogen) atoms. The van der Waals surface area contributed by atoms with Crippen molar-refractivity contribution >= 4 is 5.91 Å². The molecule has 0 fully saturated rings. The molecule has 2 rings (SSSR count). The zero-order valence-corrected chi connectivity index (χ0v) is 11.3. The van der Waals surface area contributed by atoms with Gasteiger partial charge in [0, 0.05) is 12.6 Å². The summed E-state index contributed by atoms with van der Waals surface area (Å²) >= 11 is 0. The third kappa shape index (κ3) is 3.08. The molecule has 2 heterocycles. The first-order chi connectivity index (χ1) is 9.61. The molecule has 8 nitrogen and oxygen atoms in total. The van der Waals surface area contributed by atoms with Crippen molar-refractivity contribution < 1.29 is 4.79 Å². The van der Waals surface area contributed by atoms with Crippen molar-refractivity contribution in [1.82, 2.24) is 30.3 Å². The van der Waals surface area contributed by atoms with Crippen LogP contribution < -0.4 is 10.9 Å². The summed E-state index contributed by atoms with van der Waals surface area (Å²) < 4.78 is 1.29. The minimum atomic E-state index is -0.362. The van der Waals surface area contributed by atoms with Gasteiger partial charge in [0.15, 0.2) is 0 Å². The van der Waals surface area contributed by atoms with Gasteiger partial charge in [0.25, 0.3) is 11.5 Å². The Labute approximate surface area is 115 Å². The molecule has 8 heteroatoms. The van der Waals surface area contributed by atoms with Gasteiger partial charge in [0.1, 0.15) is 17.8 Å². The van der Waals surface area contributed by atoms with Crippen molar-refractivity contribution in [3.63, 3.8) is 0 Å². The Balaban J connectivity index is 2.13. The minimum Gasteiger partial charge on any atom is -0.341 e. The zero-order valence-electron chi connectivity index (χ0n) is 11.3. The highest BCUT2D eigenvalue weighted by molar-refractivity contribution is 5.92. The first kappa shape index (κ1) is 13.9. The molecule has 2 aromatic heterocycles. The van der Waals surface area contributed by atoms with Crippen molar-refractivity contribution in [2.75, 3.05) is 0 Å². The highest BCUT2D eigenvalue weighted by Gasteiger charge is 2.15. The maximum atomic E-state index is 12.1. The largest absolute Gasteiger partial charge is 0.341 e. The van der Waals surface area contributed by atoms with Gasteiger partial charge in [-0.15, -0.1) is 0 Å². The number of rotatable bonds is 5. The van der Waals surface area contributed by atoms with E-state index in [4.69, 9.17) is 0 Å². The number of amides is 1. The molecule has 1 atom stereocenters. The number of carbonyl (C=O) groups is 1. The van der Waals surface area contributed by atoms with E-state index in [1.165, 1.54) is 23.1 Å². The minimum absolute atomic E-state index is 0.199. The van der Waals surface area contributed by atoms with Crippen LogP contribution in [0.5, 0.6) is 0 Å². The predicted molar refractivity (Wildman–Crippen MR) is 71.1 cm³/mol. The highest BCUT2D eigenvalue weighted by atomic mass is 16.2. The summed E-state index contributed by atoms with van der Waals surface area (Å²) in [5.74, 6) is 0.194. The Bertz CT molecular complexity index is 634. The van der Waals surface area contributed by atoms with Gasteiger partial charge in [-0.25, -0.2) is 9.67 Å². The van der Waals surface area contributed by atoms with Crippen molar-refractivity contribution in [3.05, 3.63) is 40.3 Å². The summed E-state index contributed by atoms with van der Waals surface area (Å²) in [4.78, 5) is 27.6. The molecule has 0 aliphatic carbocycles. The molecule has 2 aromatic rings. The monoisotopic (exact) mass is 276 g/mol. The summed E-state index contributed by atoms with van der Waals surface area (Å²) in [6.45, 7) is 4.20. The molecule has 0 aliphatic heterocycles. The number of hydrogen-bond donors (Lipinski definition) is 2. The fraction of sp³-hybridized carbons (Fsp3) is 0.417. The van der Waals surface area contributed by atoms with Gasteiger partial charge in [-0.1, -0.05) is 6.92 Å². The SMILES string of the molecule is CCCn1nc(C(=O)NC(C)c2ncn[nH]2)ccc1=O. The lowest BCUT2D eigenvalue weighted by Gasteiger charge is -2.11. The average molecular weight is 276 g/mol. The fourth-order valence-corrected chi connectivity index (χ4v) is 1.70. The van der Waals surface area contributed by atoms with Gasteiger partial charge in [0.05, 0.1) is 6.04 Å². The molecule has 0 radical (unpaired) electrons. The van der Waals surface area contributed by atoms with E-state index in [9.17, 15) is 9.59 Å². The molecule has 0 aromatic carbocycles. The normalized spacial score (nSPS) is 12.1. The molecule has 0 aliphatic rings. The maximum Gasteiger partial charge on any atom is 0.272 e. The summed E-state index contributed by atoms with van der Waals surface area (Å²) in [7, 11) is 0. The molecular weight excluding hydrogens is 260 g/mol. The van der Waals surface area contributed by atoms with E-state index >= 15 is 0 Å². The number of nitrogens with one attached hydrogen (secondary N) is 2. The molecule has 106 valence electrons. The van der Waals surface area contributed by atoms with Crippen LogP contribution in [-0.4, -0.2) is 30.9 Å². The third-order valence-corrected chi connectivity index (χ3v) is 2.73. The number of H-pyrrole nitrogens is 1.